The molecule has 1 fully saturated rings. The minimum Gasteiger partial charge on any atom is -0.340 e. The van der Waals surface area contributed by atoms with Crippen LogP contribution in [0, 0.1) is 0 Å². The fraction of sp³-hybridized carbons (Fsp3) is 0.370. The first-order chi connectivity index (χ1) is 17.4. The summed E-state index contributed by atoms with van der Waals surface area (Å²) in [5.74, 6) is 1.04. The van der Waals surface area contributed by atoms with Crippen molar-refractivity contribution in [3.63, 3.8) is 0 Å². The summed E-state index contributed by atoms with van der Waals surface area (Å²) >= 11 is 3.39. The van der Waals surface area contributed by atoms with E-state index in [1.54, 1.807) is 23.5 Å². The van der Waals surface area contributed by atoms with Gasteiger partial charge in [-0.2, -0.15) is 0 Å². The van der Waals surface area contributed by atoms with Crippen LogP contribution in [0.4, 0.5) is 16.2 Å². The van der Waals surface area contributed by atoms with Crippen LogP contribution in [0.3, 0.4) is 0 Å². The lowest BCUT2D eigenvalue weighted by Crippen LogP contribution is -2.45. The van der Waals surface area contributed by atoms with Crippen LogP contribution in [-0.4, -0.2) is 58.5 Å². The number of hydrogen-bond donors (Lipinski definition) is 2. The number of amidine groups is 1. The van der Waals surface area contributed by atoms with Crippen molar-refractivity contribution in [2.45, 2.75) is 38.1 Å². The molecule has 0 spiro atoms. The highest BCUT2D eigenvalue weighted by Gasteiger charge is 2.38. The molecule has 2 aliphatic rings. The lowest BCUT2D eigenvalue weighted by atomic mass is 9.93. The average Bonchev–Trinajstić information content (AvgIpc) is 2.89. The molecular weight excluding hydrogens is 490 g/mol. The van der Waals surface area contributed by atoms with E-state index in [1.807, 2.05) is 80.5 Å². The number of aliphatic imine (C=N–C) groups is 1. The van der Waals surface area contributed by atoms with Gasteiger partial charge in [0, 0.05) is 41.7 Å². The van der Waals surface area contributed by atoms with Gasteiger partial charge < -0.3 is 20.4 Å². The number of hydrogen-bond acceptors (Lipinski definition) is 6. The Labute approximate surface area is 221 Å². The fourth-order valence-corrected chi connectivity index (χ4v) is 5.95. The molecule has 9 heteroatoms. The highest BCUT2D eigenvalue weighted by Crippen LogP contribution is 2.40. The quantitative estimate of drug-likeness (QED) is 0.433. The third kappa shape index (κ3) is 5.73. The van der Waals surface area contributed by atoms with E-state index in [4.69, 9.17) is 4.99 Å². The van der Waals surface area contributed by atoms with Crippen molar-refractivity contribution in [3.05, 3.63) is 65.4 Å². The first kappa shape index (κ1) is 26.2. The summed E-state index contributed by atoms with van der Waals surface area (Å²) in [5.41, 5.74) is 3.84. The molecule has 190 valence electrons. The smallest absolute Gasteiger partial charge is 0.323 e. The summed E-state index contributed by atoms with van der Waals surface area (Å²) in [6.45, 7) is 8.05. The average molecular weight is 524 g/mol. The molecule has 1 atom stereocenters. The van der Waals surface area contributed by atoms with Gasteiger partial charge in [-0.1, -0.05) is 23.9 Å². The van der Waals surface area contributed by atoms with Gasteiger partial charge in [-0.05, 0) is 75.4 Å². The second kappa shape index (κ2) is 11.9. The number of nitrogens with zero attached hydrogens (tertiary/aromatic N) is 3. The molecule has 0 saturated carbocycles. The topological polar surface area (TPSA) is 77.0 Å². The summed E-state index contributed by atoms with van der Waals surface area (Å²) in [7, 11) is 0. The number of thioether (sulfide) groups is 2. The van der Waals surface area contributed by atoms with Gasteiger partial charge in [0.2, 0.25) is 0 Å². The molecule has 36 heavy (non-hydrogen) atoms. The Kier molecular flexibility index (Phi) is 8.64. The lowest BCUT2D eigenvalue weighted by molar-refractivity contribution is -0.127. The van der Waals surface area contributed by atoms with Crippen molar-refractivity contribution >= 4 is 52.0 Å². The Morgan fingerprint density at radius 3 is 2.53 bits per heavy atom. The van der Waals surface area contributed by atoms with Crippen LogP contribution in [0.15, 0.2) is 69.7 Å². The van der Waals surface area contributed by atoms with E-state index in [9.17, 15) is 9.59 Å². The van der Waals surface area contributed by atoms with Crippen molar-refractivity contribution < 1.29 is 9.59 Å². The first-order valence-corrected chi connectivity index (χ1v) is 14.5. The van der Waals surface area contributed by atoms with Crippen LogP contribution in [0.1, 0.15) is 38.8 Å². The van der Waals surface area contributed by atoms with Gasteiger partial charge in [-0.3, -0.25) is 4.79 Å². The van der Waals surface area contributed by atoms with Gasteiger partial charge >= 0.3 is 6.03 Å². The van der Waals surface area contributed by atoms with Gasteiger partial charge in [0.1, 0.15) is 0 Å². The molecule has 2 heterocycles. The van der Waals surface area contributed by atoms with E-state index < -0.39 is 0 Å². The third-order valence-electron chi connectivity index (χ3n) is 6.35. The molecular formula is C27H33N5O2S2. The van der Waals surface area contributed by atoms with Gasteiger partial charge in [-0.15, -0.1) is 11.8 Å². The van der Waals surface area contributed by atoms with Crippen molar-refractivity contribution in [2.75, 3.05) is 42.3 Å². The van der Waals surface area contributed by atoms with Crippen molar-refractivity contribution in [1.82, 2.24) is 9.80 Å². The molecule has 2 aromatic carbocycles. The van der Waals surface area contributed by atoms with Crippen LogP contribution in [0.25, 0.3) is 0 Å². The summed E-state index contributed by atoms with van der Waals surface area (Å²) in [5, 5.41) is 6.80. The number of anilines is 2. The minimum atomic E-state index is -0.311. The molecule has 0 bridgehead atoms. The van der Waals surface area contributed by atoms with E-state index in [2.05, 4.69) is 15.5 Å². The maximum Gasteiger partial charge on any atom is 0.323 e. The Morgan fingerprint density at radius 1 is 1.11 bits per heavy atom. The van der Waals surface area contributed by atoms with E-state index >= 15 is 0 Å². The standard InChI is InChI=1S/C27H33N5O2S2/c1-5-31(6-2)25(33)23-18(3)28-27-32(15-8-16-36-27)24(23)19-9-7-10-21(17-19)30-26(34)29-20-11-13-22(35-4)14-12-20/h7,9-14,17,24H,5-6,8,15-16H2,1-4H3,(H2,29,30,34). The molecule has 4 rings (SSSR count). The van der Waals surface area contributed by atoms with Gasteiger partial charge in [0.25, 0.3) is 5.91 Å². The molecule has 2 N–H and O–H groups in total. The Morgan fingerprint density at radius 2 is 1.83 bits per heavy atom. The highest BCUT2D eigenvalue weighted by molar-refractivity contribution is 8.13. The fourth-order valence-electron chi connectivity index (χ4n) is 4.52. The number of urea groups is 1. The van der Waals surface area contributed by atoms with E-state index in [0.29, 0.717) is 24.4 Å². The number of amides is 3. The molecule has 0 radical (unpaired) electrons. The number of carbonyl (C=O) groups is 2. The summed E-state index contributed by atoms with van der Waals surface area (Å²) in [6.07, 6.45) is 3.05. The number of carbonyl (C=O) groups excluding carboxylic acids is 2. The molecule has 2 aliphatic heterocycles. The van der Waals surface area contributed by atoms with Gasteiger partial charge in [0.15, 0.2) is 5.17 Å². The third-order valence-corrected chi connectivity index (χ3v) is 8.17. The van der Waals surface area contributed by atoms with Crippen LogP contribution in [-0.2, 0) is 4.79 Å². The second-order valence-electron chi connectivity index (χ2n) is 8.60. The molecule has 7 nitrogen and oxygen atoms in total. The maximum atomic E-state index is 13.6. The SMILES string of the molecule is CCN(CC)C(=O)C1=C(C)N=C2SCCCN2C1c1cccc(NC(=O)Nc2ccc(SC)cc2)c1. The van der Waals surface area contributed by atoms with Gasteiger partial charge in [0.05, 0.1) is 17.3 Å². The largest absolute Gasteiger partial charge is 0.340 e. The van der Waals surface area contributed by atoms with Crippen molar-refractivity contribution in [2.24, 2.45) is 4.99 Å². The highest BCUT2D eigenvalue weighted by atomic mass is 32.2. The zero-order chi connectivity index (χ0) is 25.7. The number of nitrogens with one attached hydrogen (secondary N) is 2. The first-order valence-electron chi connectivity index (χ1n) is 12.2. The molecule has 0 aromatic heterocycles. The van der Waals surface area contributed by atoms with Crippen LogP contribution in [0.5, 0.6) is 0 Å². The predicted molar refractivity (Wildman–Crippen MR) is 152 cm³/mol. The van der Waals surface area contributed by atoms with Gasteiger partial charge in [-0.25, -0.2) is 9.79 Å². The normalized spacial score (nSPS) is 17.3. The van der Waals surface area contributed by atoms with Crippen LogP contribution >= 0.6 is 23.5 Å². The minimum absolute atomic E-state index is 0.0191. The van der Waals surface area contributed by atoms with E-state index in [1.165, 1.54) is 0 Å². The zero-order valence-electron chi connectivity index (χ0n) is 21.2. The number of fused-ring (bicyclic) bond motifs is 1. The predicted octanol–water partition coefficient (Wildman–Crippen LogP) is 6.04. The number of rotatable bonds is 7. The summed E-state index contributed by atoms with van der Waals surface area (Å²) in [4.78, 5) is 36.4. The molecule has 1 unspecified atom stereocenters. The van der Waals surface area contributed by atoms with E-state index in [0.717, 1.165) is 45.7 Å². The summed E-state index contributed by atoms with van der Waals surface area (Å²) in [6, 6.07) is 14.9. The van der Waals surface area contributed by atoms with Crippen molar-refractivity contribution in [1.29, 1.82) is 0 Å². The van der Waals surface area contributed by atoms with E-state index in [-0.39, 0.29) is 18.0 Å². The second-order valence-corrected chi connectivity index (χ2v) is 10.5. The molecule has 1 saturated heterocycles. The van der Waals surface area contributed by atoms with Crippen molar-refractivity contribution in [3.8, 4) is 0 Å². The Balaban J connectivity index is 1.61. The maximum absolute atomic E-state index is 13.6. The van der Waals surface area contributed by atoms with Crippen LogP contribution in [0.2, 0.25) is 0 Å². The molecule has 0 aliphatic carbocycles. The number of allylic oxidation sites excluding steroid dienone is 1. The monoisotopic (exact) mass is 523 g/mol. The zero-order valence-corrected chi connectivity index (χ0v) is 22.8. The molecule has 2 aromatic rings. The molecule has 3 amide bonds. The Bertz CT molecular complexity index is 1170. The lowest BCUT2D eigenvalue weighted by Gasteiger charge is -2.41. The number of benzene rings is 2. The Hall–Kier alpha value is -2.91. The number of likely N-dealkylation sites (N-methyl/N-ethyl adjacent to an activating group) is 1. The van der Waals surface area contributed by atoms with Crippen LogP contribution < -0.4 is 10.6 Å². The summed E-state index contributed by atoms with van der Waals surface area (Å²) < 4.78 is 0.